The van der Waals surface area contributed by atoms with Gasteiger partial charge in [0.15, 0.2) is 0 Å². The number of hydroxylamine groups is 1. The summed E-state index contributed by atoms with van der Waals surface area (Å²) in [6, 6.07) is 5.92. The molecule has 1 aliphatic rings. The molecule has 2 N–H and O–H groups in total. The summed E-state index contributed by atoms with van der Waals surface area (Å²) in [7, 11) is 2.06. The van der Waals surface area contributed by atoms with Crippen LogP contribution in [0.1, 0.15) is 33.9 Å². The monoisotopic (exact) mass is 246 g/mol. The van der Waals surface area contributed by atoms with Gasteiger partial charge in [-0.15, -0.1) is 6.58 Å². The molecule has 0 heterocycles. The van der Waals surface area contributed by atoms with E-state index in [0.29, 0.717) is 11.6 Å². The fraction of sp³-hybridized carbons (Fsp3) is 0.357. The Labute approximate surface area is 107 Å². The molecule has 2 rings (SSSR count). The van der Waals surface area contributed by atoms with Gasteiger partial charge in [0.1, 0.15) is 0 Å². The Morgan fingerprint density at radius 1 is 1.67 bits per heavy atom. The highest BCUT2D eigenvalue weighted by molar-refractivity contribution is 5.93. The smallest absolute Gasteiger partial charge is 0.274 e. The maximum atomic E-state index is 11.4. The zero-order valence-electron chi connectivity index (χ0n) is 10.5. The fourth-order valence-corrected chi connectivity index (χ4v) is 2.58. The quantitative estimate of drug-likeness (QED) is 0.485. The molecule has 1 unspecified atom stereocenters. The van der Waals surface area contributed by atoms with Crippen LogP contribution >= 0.6 is 0 Å². The lowest BCUT2D eigenvalue weighted by Crippen LogP contribution is -2.23. The number of rotatable bonds is 4. The minimum Gasteiger partial charge on any atom is -0.296 e. The van der Waals surface area contributed by atoms with Crippen LogP contribution in [0.3, 0.4) is 0 Å². The minimum absolute atomic E-state index is 0.324. The Balaban J connectivity index is 2.30. The van der Waals surface area contributed by atoms with Crippen LogP contribution in [0.2, 0.25) is 0 Å². The van der Waals surface area contributed by atoms with E-state index in [1.165, 1.54) is 11.1 Å². The predicted molar refractivity (Wildman–Crippen MR) is 69.6 cm³/mol. The number of likely N-dealkylation sites (N-methyl/N-ethyl adjacent to an activating group) is 1. The van der Waals surface area contributed by atoms with E-state index in [2.05, 4.69) is 18.5 Å². The molecule has 1 aliphatic carbocycles. The normalized spacial score (nSPS) is 17.6. The molecule has 1 aromatic carbocycles. The second kappa shape index (κ2) is 5.33. The highest BCUT2D eigenvalue weighted by Gasteiger charge is 2.26. The molecule has 0 aliphatic heterocycles. The van der Waals surface area contributed by atoms with E-state index in [4.69, 9.17) is 5.21 Å². The van der Waals surface area contributed by atoms with Crippen molar-refractivity contribution in [2.24, 2.45) is 0 Å². The number of hydrogen-bond donors (Lipinski definition) is 2. The number of fused-ring (bicyclic) bond motifs is 1. The molecule has 1 atom stereocenters. The van der Waals surface area contributed by atoms with Gasteiger partial charge in [-0.3, -0.25) is 14.9 Å². The number of nitrogens with zero attached hydrogens (tertiary/aromatic N) is 1. The summed E-state index contributed by atoms with van der Waals surface area (Å²) in [5.41, 5.74) is 4.63. The van der Waals surface area contributed by atoms with E-state index < -0.39 is 5.91 Å². The highest BCUT2D eigenvalue weighted by atomic mass is 16.5. The van der Waals surface area contributed by atoms with Crippen molar-refractivity contribution in [1.29, 1.82) is 0 Å². The number of carbonyl (C=O) groups excluding carboxylic acids is 1. The van der Waals surface area contributed by atoms with Crippen molar-refractivity contribution in [2.45, 2.75) is 18.9 Å². The Morgan fingerprint density at radius 2 is 2.44 bits per heavy atom. The molecule has 0 saturated heterocycles. The van der Waals surface area contributed by atoms with Crippen LogP contribution in [-0.4, -0.2) is 29.6 Å². The first-order chi connectivity index (χ1) is 8.67. The third-order valence-corrected chi connectivity index (χ3v) is 3.50. The number of hydrogen-bond acceptors (Lipinski definition) is 3. The molecule has 0 spiro atoms. The van der Waals surface area contributed by atoms with Gasteiger partial charge in [-0.1, -0.05) is 12.1 Å². The maximum Gasteiger partial charge on any atom is 0.274 e. The standard InChI is InChI=1S/C14H18N2O2/c1-3-8-16(2)13-7-6-10-4-5-11(9-12(10)13)14(17)15-18/h3-5,9,13,18H,1,6-8H2,2H3,(H,15,17). The predicted octanol–water partition coefficient (Wildman–Crippen LogP) is 1.91. The van der Waals surface area contributed by atoms with Crippen LogP contribution in [0, 0.1) is 0 Å². The molecular formula is C14H18N2O2. The van der Waals surface area contributed by atoms with Crippen molar-refractivity contribution in [3.8, 4) is 0 Å². The lowest BCUT2D eigenvalue weighted by atomic mass is 10.0. The van der Waals surface area contributed by atoms with E-state index in [9.17, 15) is 4.79 Å². The van der Waals surface area contributed by atoms with Gasteiger partial charge in [-0.25, -0.2) is 5.48 Å². The van der Waals surface area contributed by atoms with Crippen LogP contribution in [-0.2, 0) is 6.42 Å². The van der Waals surface area contributed by atoms with Crippen molar-refractivity contribution < 1.29 is 10.0 Å². The molecular weight excluding hydrogens is 228 g/mol. The van der Waals surface area contributed by atoms with Crippen LogP contribution in [0.4, 0.5) is 0 Å². The lowest BCUT2D eigenvalue weighted by Gasteiger charge is -2.23. The topological polar surface area (TPSA) is 52.6 Å². The Morgan fingerprint density at radius 3 is 3.11 bits per heavy atom. The van der Waals surface area contributed by atoms with Gasteiger partial charge < -0.3 is 0 Å². The van der Waals surface area contributed by atoms with Crippen LogP contribution < -0.4 is 5.48 Å². The van der Waals surface area contributed by atoms with Crippen LogP contribution in [0.15, 0.2) is 30.9 Å². The molecule has 0 aromatic heterocycles. The van der Waals surface area contributed by atoms with Crippen LogP contribution in [0.25, 0.3) is 0 Å². The van der Waals surface area contributed by atoms with Gasteiger partial charge in [0.25, 0.3) is 5.91 Å². The Kier molecular flexibility index (Phi) is 3.79. The molecule has 18 heavy (non-hydrogen) atoms. The van der Waals surface area contributed by atoms with Gasteiger partial charge in [-0.05, 0) is 43.1 Å². The molecule has 1 aromatic rings. The summed E-state index contributed by atoms with van der Waals surface area (Å²) >= 11 is 0. The van der Waals surface area contributed by atoms with Crippen molar-refractivity contribution in [3.63, 3.8) is 0 Å². The average molecular weight is 246 g/mol. The first-order valence-electron chi connectivity index (χ1n) is 6.05. The summed E-state index contributed by atoms with van der Waals surface area (Å²) in [4.78, 5) is 13.6. The van der Waals surface area contributed by atoms with Gasteiger partial charge >= 0.3 is 0 Å². The van der Waals surface area contributed by atoms with Gasteiger partial charge in [0.2, 0.25) is 0 Å². The number of carbonyl (C=O) groups is 1. The molecule has 0 fully saturated rings. The average Bonchev–Trinajstić information content (AvgIpc) is 2.80. The van der Waals surface area contributed by atoms with Crippen molar-refractivity contribution in [1.82, 2.24) is 10.4 Å². The molecule has 4 heteroatoms. The zero-order valence-corrected chi connectivity index (χ0v) is 10.5. The second-order valence-corrected chi connectivity index (χ2v) is 4.64. The molecule has 0 saturated carbocycles. The third kappa shape index (κ3) is 2.30. The minimum atomic E-state index is -0.463. The van der Waals surface area contributed by atoms with E-state index in [0.717, 1.165) is 19.4 Å². The lowest BCUT2D eigenvalue weighted by molar-refractivity contribution is 0.0706. The molecule has 0 radical (unpaired) electrons. The number of aryl methyl sites for hydroxylation is 1. The fourth-order valence-electron chi connectivity index (χ4n) is 2.58. The second-order valence-electron chi connectivity index (χ2n) is 4.64. The van der Waals surface area contributed by atoms with E-state index in [-0.39, 0.29) is 0 Å². The first-order valence-corrected chi connectivity index (χ1v) is 6.05. The molecule has 96 valence electrons. The Hall–Kier alpha value is -1.65. The zero-order chi connectivity index (χ0) is 13.1. The van der Waals surface area contributed by atoms with Gasteiger partial charge in [0, 0.05) is 18.2 Å². The molecule has 0 bridgehead atoms. The summed E-state index contributed by atoms with van der Waals surface area (Å²) in [5, 5.41) is 8.67. The molecule has 4 nitrogen and oxygen atoms in total. The summed E-state index contributed by atoms with van der Waals surface area (Å²) in [5.74, 6) is -0.463. The van der Waals surface area contributed by atoms with E-state index >= 15 is 0 Å². The van der Waals surface area contributed by atoms with Crippen molar-refractivity contribution >= 4 is 5.91 Å². The van der Waals surface area contributed by atoms with Crippen LogP contribution in [0.5, 0.6) is 0 Å². The van der Waals surface area contributed by atoms with Gasteiger partial charge in [-0.2, -0.15) is 0 Å². The number of amides is 1. The van der Waals surface area contributed by atoms with E-state index in [1.54, 1.807) is 11.5 Å². The number of nitrogens with one attached hydrogen (secondary N) is 1. The summed E-state index contributed by atoms with van der Waals surface area (Å²) < 4.78 is 0. The SMILES string of the molecule is C=CCN(C)C1CCc2ccc(C(=O)NO)cc21. The molecule has 1 amide bonds. The largest absolute Gasteiger partial charge is 0.296 e. The van der Waals surface area contributed by atoms with E-state index in [1.807, 2.05) is 18.2 Å². The van der Waals surface area contributed by atoms with Gasteiger partial charge in [0.05, 0.1) is 0 Å². The van der Waals surface area contributed by atoms with Crippen molar-refractivity contribution in [3.05, 3.63) is 47.5 Å². The third-order valence-electron chi connectivity index (χ3n) is 3.50. The number of benzene rings is 1. The Bertz CT molecular complexity index is 471. The van der Waals surface area contributed by atoms with Crippen molar-refractivity contribution in [2.75, 3.05) is 13.6 Å². The summed E-state index contributed by atoms with van der Waals surface area (Å²) in [6.07, 6.45) is 3.97. The highest BCUT2D eigenvalue weighted by Crippen LogP contribution is 2.35. The maximum absolute atomic E-state index is 11.4. The first kappa shape index (κ1) is 12.8. The summed E-state index contributed by atoms with van der Waals surface area (Å²) in [6.45, 7) is 4.57.